The van der Waals surface area contributed by atoms with Crippen LogP contribution in [0.15, 0.2) is 82.0 Å². The number of aromatic nitrogens is 1. The van der Waals surface area contributed by atoms with Gasteiger partial charge >= 0.3 is 5.97 Å². The topological polar surface area (TPSA) is 110 Å². The minimum absolute atomic E-state index is 0.00338. The summed E-state index contributed by atoms with van der Waals surface area (Å²) in [6.45, 7) is 1.73. The minimum Gasteiger partial charge on any atom is -0.465 e. The number of fused-ring (bicyclic) bond motifs is 5. The van der Waals surface area contributed by atoms with Gasteiger partial charge in [0.2, 0.25) is 5.76 Å². The number of benzene rings is 3. The van der Waals surface area contributed by atoms with Crippen molar-refractivity contribution in [2.45, 2.75) is 19.0 Å². The summed E-state index contributed by atoms with van der Waals surface area (Å²) in [6.07, 6.45) is 0. The highest BCUT2D eigenvalue weighted by Crippen LogP contribution is 2.55. The van der Waals surface area contributed by atoms with Gasteiger partial charge in [-0.3, -0.25) is 19.3 Å². The lowest BCUT2D eigenvalue weighted by molar-refractivity contribution is -0.121. The molecule has 7 rings (SSSR count). The molecule has 0 N–H and O–H groups in total. The highest BCUT2D eigenvalue weighted by Gasteiger charge is 2.66. The van der Waals surface area contributed by atoms with E-state index in [1.807, 2.05) is 30.3 Å². The zero-order valence-electron chi connectivity index (χ0n) is 22.2. The van der Waals surface area contributed by atoms with Crippen LogP contribution in [0.5, 0.6) is 0 Å². The number of anilines is 2. The third kappa shape index (κ3) is 3.37. The third-order valence-electron chi connectivity index (χ3n) is 7.62. The van der Waals surface area contributed by atoms with E-state index in [1.165, 1.54) is 18.1 Å². The second-order valence-electron chi connectivity index (χ2n) is 9.92. The van der Waals surface area contributed by atoms with Crippen molar-refractivity contribution < 1.29 is 27.9 Å². The van der Waals surface area contributed by atoms with Gasteiger partial charge in [0.05, 0.1) is 36.0 Å². The molecule has 9 nitrogen and oxygen atoms in total. The highest BCUT2D eigenvalue weighted by molar-refractivity contribution is 7.17. The normalized spacial score (nSPS) is 17.3. The number of rotatable bonds is 4. The van der Waals surface area contributed by atoms with Crippen LogP contribution in [0.25, 0.3) is 11.0 Å². The molecule has 3 aromatic carbocycles. The van der Waals surface area contributed by atoms with Gasteiger partial charge in [0, 0.05) is 5.56 Å². The maximum absolute atomic E-state index is 14.9. The Hall–Kier alpha value is -5.16. The first-order valence-corrected chi connectivity index (χ1v) is 13.7. The number of hydrogen-bond donors (Lipinski definition) is 0. The van der Waals surface area contributed by atoms with Crippen molar-refractivity contribution in [3.8, 4) is 0 Å². The fourth-order valence-electron chi connectivity index (χ4n) is 5.82. The van der Waals surface area contributed by atoms with E-state index in [4.69, 9.17) is 9.15 Å². The molecule has 0 aliphatic carbocycles. The number of methoxy groups -OCH3 is 1. The van der Waals surface area contributed by atoms with Gasteiger partial charge in [-0.15, -0.1) is 0 Å². The number of halogens is 1. The fraction of sp³-hybridized carbons (Fsp3) is 0.129. The van der Waals surface area contributed by atoms with Crippen LogP contribution < -0.4 is 15.2 Å². The van der Waals surface area contributed by atoms with Crippen LogP contribution in [0.4, 0.5) is 15.2 Å². The zero-order valence-corrected chi connectivity index (χ0v) is 23.0. The quantitative estimate of drug-likeness (QED) is 0.277. The largest absolute Gasteiger partial charge is 0.465 e. The molecule has 0 bridgehead atoms. The van der Waals surface area contributed by atoms with Crippen LogP contribution in [0.3, 0.4) is 0 Å². The summed E-state index contributed by atoms with van der Waals surface area (Å²) in [6, 6.07) is 19.6. The maximum Gasteiger partial charge on any atom is 0.350 e. The maximum atomic E-state index is 14.9. The van der Waals surface area contributed by atoms with E-state index in [1.54, 1.807) is 31.2 Å². The third-order valence-corrected chi connectivity index (χ3v) is 8.74. The first-order valence-electron chi connectivity index (χ1n) is 12.9. The fourth-order valence-corrected chi connectivity index (χ4v) is 6.85. The smallest absolute Gasteiger partial charge is 0.350 e. The molecule has 2 aromatic heterocycles. The van der Waals surface area contributed by atoms with Gasteiger partial charge in [0.25, 0.3) is 11.8 Å². The number of ether oxygens (including phenoxy) is 1. The van der Waals surface area contributed by atoms with Gasteiger partial charge in [0.1, 0.15) is 16.3 Å². The van der Waals surface area contributed by atoms with Crippen molar-refractivity contribution in [3.05, 3.63) is 122 Å². The number of carbonyl (C=O) groups excluding carboxylic acids is 3. The average Bonchev–Trinajstić information content (AvgIpc) is 3.58. The average molecular weight is 582 g/mol. The van der Waals surface area contributed by atoms with Gasteiger partial charge in [0.15, 0.2) is 16.1 Å². The molecule has 5 aromatic rings. The molecule has 1 spiro atoms. The van der Waals surface area contributed by atoms with Crippen LogP contribution in [0.1, 0.15) is 42.6 Å². The molecule has 11 heteroatoms. The SMILES string of the molecule is COC(=O)c1sc(N2C(=O)c3oc4ccc(F)cc4c(=O)c3C23C(=O)N(Cc2ccccc2)c2ccccc23)nc1C. The van der Waals surface area contributed by atoms with E-state index in [9.17, 15) is 23.6 Å². The Morgan fingerprint density at radius 2 is 1.79 bits per heavy atom. The summed E-state index contributed by atoms with van der Waals surface area (Å²) in [7, 11) is 1.23. The Morgan fingerprint density at radius 1 is 1.05 bits per heavy atom. The predicted octanol–water partition coefficient (Wildman–Crippen LogP) is 4.93. The van der Waals surface area contributed by atoms with Gasteiger partial charge in [-0.2, -0.15) is 0 Å². The summed E-state index contributed by atoms with van der Waals surface area (Å²) in [5.74, 6) is -3.06. The van der Waals surface area contributed by atoms with Crippen molar-refractivity contribution in [2.24, 2.45) is 0 Å². The Balaban J connectivity index is 1.57. The monoisotopic (exact) mass is 581 g/mol. The number of hydrogen-bond acceptors (Lipinski definition) is 8. The van der Waals surface area contributed by atoms with E-state index in [0.29, 0.717) is 11.3 Å². The predicted molar refractivity (Wildman–Crippen MR) is 152 cm³/mol. The first kappa shape index (κ1) is 25.8. The molecule has 2 aliphatic heterocycles. The highest BCUT2D eigenvalue weighted by atomic mass is 32.1. The number of nitrogens with zero attached hydrogens (tertiary/aromatic N) is 3. The summed E-state index contributed by atoms with van der Waals surface area (Å²) >= 11 is 0.864. The van der Waals surface area contributed by atoms with Crippen molar-refractivity contribution in [2.75, 3.05) is 16.9 Å². The first-order chi connectivity index (χ1) is 20.3. The second-order valence-corrected chi connectivity index (χ2v) is 10.9. The molecular weight excluding hydrogens is 561 g/mol. The van der Waals surface area contributed by atoms with Gasteiger partial charge in [-0.1, -0.05) is 59.9 Å². The molecule has 0 saturated heterocycles. The summed E-state index contributed by atoms with van der Waals surface area (Å²) in [4.78, 5) is 63.2. The number of thiazole rings is 1. The van der Waals surface area contributed by atoms with Crippen LogP contribution in [-0.4, -0.2) is 29.9 Å². The Morgan fingerprint density at radius 3 is 2.55 bits per heavy atom. The number of para-hydroxylation sites is 1. The summed E-state index contributed by atoms with van der Waals surface area (Å²) in [5.41, 5.74) is -1.04. The van der Waals surface area contributed by atoms with Gasteiger partial charge in [-0.05, 0) is 36.8 Å². The lowest BCUT2D eigenvalue weighted by Crippen LogP contribution is -2.53. The molecule has 2 aliphatic rings. The van der Waals surface area contributed by atoms with Gasteiger partial charge in [-0.25, -0.2) is 14.2 Å². The number of esters is 1. The van der Waals surface area contributed by atoms with E-state index < -0.39 is 34.6 Å². The summed E-state index contributed by atoms with van der Waals surface area (Å²) < 4.78 is 25.2. The van der Waals surface area contributed by atoms with Crippen LogP contribution in [0, 0.1) is 12.7 Å². The standard InChI is InChI=1S/C31H20FN3O6S/c1-16-26(28(38)40-2)42-30(33-16)35-27(37)25-23(24(36)19-14-18(32)12-13-22(19)41-25)31(35)20-10-6-7-11-21(20)34(29(31)39)15-17-8-4-3-5-9-17/h3-14H,15H2,1-2H3. The molecule has 1 atom stereocenters. The molecule has 4 heterocycles. The molecule has 0 saturated carbocycles. The van der Waals surface area contributed by atoms with Gasteiger partial charge < -0.3 is 14.1 Å². The molecule has 2 amide bonds. The number of carbonyl (C=O) groups is 3. The molecule has 42 heavy (non-hydrogen) atoms. The molecule has 0 fully saturated rings. The second kappa shape index (κ2) is 9.18. The molecular formula is C31H20FN3O6S. The van der Waals surface area contributed by atoms with Crippen molar-refractivity contribution in [1.82, 2.24) is 4.98 Å². The van der Waals surface area contributed by atoms with Crippen molar-refractivity contribution in [3.63, 3.8) is 0 Å². The van der Waals surface area contributed by atoms with Crippen LogP contribution in [-0.2, 0) is 21.6 Å². The van der Waals surface area contributed by atoms with E-state index in [0.717, 1.165) is 33.9 Å². The molecule has 208 valence electrons. The van der Waals surface area contributed by atoms with Crippen molar-refractivity contribution >= 4 is 50.9 Å². The molecule has 1 unspecified atom stereocenters. The van der Waals surface area contributed by atoms with E-state index in [2.05, 4.69) is 4.98 Å². The van der Waals surface area contributed by atoms with E-state index >= 15 is 0 Å². The molecule has 0 radical (unpaired) electrons. The Kier molecular flexibility index (Phi) is 5.64. The Labute approximate surface area is 241 Å². The minimum atomic E-state index is -2.03. The van der Waals surface area contributed by atoms with Crippen molar-refractivity contribution in [1.29, 1.82) is 0 Å². The van der Waals surface area contributed by atoms with Crippen LogP contribution in [0.2, 0.25) is 0 Å². The van der Waals surface area contributed by atoms with Crippen LogP contribution >= 0.6 is 11.3 Å². The zero-order chi connectivity index (χ0) is 29.3. The van der Waals surface area contributed by atoms with E-state index in [-0.39, 0.29) is 44.5 Å². The summed E-state index contributed by atoms with van der Waals surface area (Å²) in [5, 5.41) is -0.108. The Bertz CT molecular complexity index is 2040. The lowest BCUT2D eigenvalue weighted by Gasteiger charge is -2.32. The lowest BCUT2D eigenvalue weighted by atomic mass is 9.84. The number of amides is 2. The number of aryl methyl sites for hydroxylation is 1.